The SMILES string of the molecule is O=C(O)CCOP(=O)(O)O. The van der Waals surface area contributed by atoms with E-state index in [0.29, 0.717) is 0 Å². The van der Waals surface area contributed by atoms with Crippen LogP contribution >= 0.6 is 7.82 Å². The van der Waals surface area contributed by atoms with E-state index in [1.54, 1.807) is 0 Å². The standard InChI is InChI=1S/C3H7O6P/c4-3(5)1-2-9-10(6,7)8/h1-2H2,(H,4,5)(H2,6,7,8). The van der Waals surface area contributed by atoms with Gasteiger partial charge in [-0.2, -0.15) is 0 Å². The van der Waals surface area contributed by atoms with Gasteiger partial charge in [0.1, 0.15) is 0 Å². The van der Waals surface area contributed by atoms with E-state index in [1.165, 1.54) is 0 Å². The molecule has 0 fully saturated rings. The molecule has 0 unspecified atom stereocenters. The third-order valence-corrected chi connectivity index (χ3v) is 1.09. The Balaban J connectivity index is 3.39. The number of hydrogen-bond acceptors (Lipinski definition) is 3. The van der Waals surface area contributed by atoms with Crippen LogP contribution in [0.15, 0.2) is 0 Å². The molecule has 0 aromatic rings. The molecule has 0 aliphatic rings. The summed E-state index contributed by atoms with van der Waals surface area (Å²) in [4.78, 5) is 25.8. The summed E-state index contributed by atoms with van der Waals surface area (Å²) in [5, 5.41) is 7.98. The van der Waals surface area contributed by atoms with Gasteiger partial charge in [-0.25, -0.2) is 4.57 Å². The zero-order valence-electron chi connectivity index (χ0n) is 4.93. The van der Waals surface area contributed by atoms with E-state index in [1.807, 2.05) is 0 Å². The first-order chi connectivity index (χ1) is 4.42. The van der Waals surface area contributed by atoms with Gasteiger partial charge in [-0.3, -0.25) is 9.32 Å². The second-order valence-electron chi connectivity index (χ2n) is 1.47. The maximum absolute atomic E-state index is 9.89. The first-order valence-corrected chi connectivity index (χ1v) is 3.87. The second-order valence-corrected chi connectivity index (χ2v) is 2.71. The van der Waals surface area contributed by atoms with E-state index >= 15 is 0 Å². The van der Waals surface area contributed by atoms with Crippen LogP contribution in [0.2, 0.25) is 0 Å². The molecule has 0 aliphatic carbocycles. The van der Waals surface area contributed by atoms with Gasteiger partial charge in [0, 0.05) is 0 Å². The quantitative estimate of drug-likeness (QED) is 0.494. The van der Waals surface area contributed by atoms with Crippen LogP contribution in [0.4, 0.5) is 0 Å². The van der Waals surface area contributed by atoms with Gasteiger partial charge in [0.15, 0.2) is 0 Å². The summed E-state index contributed by atoms with van der Waals surface area (Å²) in [5.74, 6) is -1.16. The fraction of sp³-hybridized carbons (Fsp3) is 0.667. The Labute approximate surface area is 56.7 Å². The molecule has 3 N–H and O–H groups in total. The highest BCUT2D eigenvalue weighted by Gasteiger charge is 2.13. The molecular formula is C3H7O6P. The van der Waals surface area contributed by atoms with Crippen molar-refractivity contribution in [3.63, 3.8) is 0 Å². The summed E-state index contributed by atoms with van der Waals surface area (Å²) in [6.07, 6.45) is -0.412. The maximum atomic E-state index is 9.89. The lowest BCUT2D eigenvalue weighted by Crippen LogP contribution is -2.00. The van der Waals surface area contributed by atoms with Crippen molar-refractivity contribution in [2.75, 3.05) is 6.61 Å². The van der Waals surface area contributed by atoms with Gasteiger partial charge in [-0.1, -0.05) is 0 Å². The normalized spacial score (nSPS) is 11.4. The summed E-state index contributed by atoms with van der Waals surface area (Å²) >= 11 is 0. The van der Waals surface area contributed by atoms with E-state index in [-0.39, 0.29) is 0 Å². The van der Waals surface area contributed by atoms with Gasteiger partial charge in [-0.15, -0.1) is 0 Å². The number of phosphoric acid groups is 1. The van der Waals surface area contributed by atoms with E-state index in [4.69, 9.17) is 14.9 Å². The Morgan fingerprint density at radius 1 is 1.50 bits per heavy atom. The third kappa shape index (κ3) is 7.58. The molecule has 0 aromatic carbocycles. The van der Waals surface area contributed by atoms with Crippen LogP contribution in [-0.2, 0) is 13.9 Å². The summed E-state index contributed by atoms with van der Waals surface area (Å²) in [5.41, 5.74) is 0. The van der Waals surface area contributed by atoms with Crippen LogP contribution in [0.1, 0.15) is 6.42 Å². The topological polar surface area (TPSA) is 104 Å². The minimum absolute atomic E-state index is 0.412. The molecule has 0 saturated heterocycles. The third-order valence-electron chi connectivity index (χ3n) is 0.575. The lowest BCUT2D eigenvalue weighted by molar-refractivity contribution is -0.137. The average Bonchev–Trinajstić information content (AvgIpc) is 1.59. The number of rotatable bonds is 4. The predicted octanol–water partition coefficient (Wildman–Crippen LogP) is -0.430. The van der Waals surface area contributed by atoms with Crippen molar-refractivity contribution in [2.24, 2.45) is 0 Å². The van der Waals surface area contributed by atoms with Gasteiger partial charge in [0.05, 0.1) is 13.0 Å². The van der Waals surface area contributed by atoms with E-state index < -0.39 is 26.8 Å². The Bertz CT molecular complexity index is 158. The molecule has 0 saturated carbocycles. The summed E-state index contributed by atoms with van der Waals surface area (Å²) in [6, 6.07) is 0. The van der Waals surface area contributed by atoms with Crippen LogP contribution in [0.3, 0.4) is 0 Å². The van der Waals surface area contributed by atoms with Gasteiger partial charge >= 0.3 is 13.8 Å². The summed E-state index contributed by atoms with van der Waals surface area (Å²) < 4.78 is 13.7. The molecule has 60 valence electrons. The highest BCUT2D eigenvalue weighted by molar-refractivity contribution is 7.46. The molecule has 0 spiro atoms. The molecule has 0 atom stereocenters. The predicted molar refractivity (Wildman–Crippen MR) is 30.2 cm³/mol. The molecule has 0 aromatic heterocycles. The first kappa shape index (κ1) is 9.58. The largest absolute Gasteiger partial charge is 0.481 e. The van der Waals surface area contributed by atoms with Crippen molar-refractivity contribution in [3.05, 3.63) is 0 Å². The van der Waals surface area contributed by atoms with Crippen LogP contribution < -0.4 is 0 Å². The Morgan fingerprint density at radius 2 is 2.00 bits per heavy atom. The smallest absolute Gasteiger partial charge is 0.469 e. The maximum Gasteiger partial charge on any atom is 0.469 e. The van der Waals surface area contributed by atoms with E-state index in [2.05, 4.69) is 4.52 Å². The fourth-order valence-electron chi connectivity index (χ4n) is 0.252. The van der Waals surface area contributed by atoms with Crippen molar-refractivity contribution in [1.82, 2.24) is 0 Å². The number of phosphoric ester groups is 1. The molecule has 10 heavy (non-hydrogen) atoms. The Hall–Kier alpha value is -0.420. The van der Waals surface area contributed by atoms with Crippen molar-refractivity contribution in [2.45, 2.75) is 6.42 Å². The lowest BCUT2D eigenvalue weighted by atomic mass is 10.5. The van der Waals surface area contributed by atoms with Gasteiger partial charge in [-0.05, 0) is 0 Å². The molecule has 6 nitrogen and oxygen atoms in total. The highest BCUT2D eigenvalue weighted by Crippen LogP contribution is 2.35. The Morgan fingerprint density at radius 3 is 2.30 bits per heavy atom. The van der Waals surface area contributed by atoms with E-state index in [9.17, 15) is 9.36 Å². The fourth-order valence-corrected chi connectivity index (χ4v) is 0.581. The number of carbonyl (C=O) groups is 1. The molecule has 0 rings (SSSR count). The minimum atomic E-state index is -4.49. The zero-order valence-corrected chi connectivity index (χ0v) is 5.82. The van der Waals surface area contributed by atoms with Gasteiger partial charge in [0.2, 0.25) is 0 Å². The Kier molecular flexibility index (Phi) is 3.52. The summed E-state index contributed by atoms with van der Waals surface area (Å²) in [6.45, 7) is -0.473. The highest BCUT2D eigenvalue weighted by atomic mass is 31.2. The molecule has 7 heteroatoms. The van der Waals surface area contributed by atoms with E-state index in [0.717, 1.165) is 0 Å². The van der Waals surface area contributed by atoms with Crippen LogP contribution in [0.5, 0.6) is 0 Å². The molecule has 0 radical (unpaired) electrons. The molecule has 0 heterocycles. The number of carboxylic acids is 1. The molecule has 0 bridgehead atoms. The molecule has 0 amide bonds. The second kappa shape index (κ2) is 3.68. The van der Waals surface area contributed by atoms with Gasteiger partial charge in [0.25, 0.3) is 0 Å². The molecular weight excluding hydrogens is 163 g/mol. The summed E-state index contributed by atoms with van der Waals surface area (Å²) in [7, 11) is -4.49. The zero-order chi connectivity index (χ0) is 8.20. The van der Waals surface area contributed by atoms with Crippen molar-refractivity contribution in [3.8, 4) is 0 Å². The van der Waals surface area contributed by atoms with Crippen molar-refractivity contribution in [1.29, 1.82) is 0 Å². The minimum Gasteiger partial charge on any atom is -0.481 e. The first-order valence-electron chi connectivity index (χ1n) is 2.34. The van der Waals surface area contributed by atoms with Crippen molar-refractivity contribution < 1.29 is 28.8 Å². The van der Waals surface area contributed by atoms with Crippen LogP contribution in [0.25, 0.3) is 0 Å². The monoisotopic (exact) mass is 170 g/mol. The average molecular weight is 170 g/mol. The molecule has 0 aliphatic heterocycles. The number of carboxylic acid groups (broad SMARTS) is 1. The lowest BCUT2D eigenvalue weighted by Gasteiger charge is -2.01. The van der Waals surface area contributed by atoms with Gasteiger partial charge < -0.3 is 14.9 Å². The van der Waals surface area contributed by atoms with Crippen LogP contribution in [-0.4, -0.2) is 27.5 Å². The van der Waals surface area contributed by atoms with Crippen molar-refractivity contribution >= 4 is 13.8 Å². The van der Waals surface area contributed by atoms with Crippen LogP contribution in [0, 0.1) is 0 Å². The number of aliphatic carboxylic acids is 1. The number of hydrogen-bond donors (Lipinski definition) is 3.